The second kappa shape index (κ2) is 4.83. The molecule has 0 radical (unpaired) electrons. The summed E-state index contributed by atoms with van der Waals surface area (Å²) in [6.45, 7) is 12.2. The Hall–Kier alpha value is -1.09. The average Bonchev–Trinajstić information content (AvgIpc) is 2.29. The molecule has 88 valence electrons. The van der Waals surface area contributed by atoms with Gasteiger partial charge in [-0.1, -0.05) is 13.0 Å². The van der Waals surface area contributed by atoms with E-state index in [0.29, 0.717) is 0 Å². The smallest absolute Gasteiger partial charge is 0.131 e. The molecule has 0 spiro atoms. The number of pyridine rings is 1. The molecule has 1 aromatic rings. The molecule has 1 aromatic heterocycles. The van der Waals surface area contributed by atoms with Crippen molar-refractivity contribution in [2.24, 2.45) is 0 Å². The highest BCUT2D eigenvalue weighted by Crippen LogP contribution is 2.19. The standard InChI is InChI=1S/C13H21N3/c1-4-15-5-7-16(8-6-15)13-12(3)9-11(2)10-14-13/h9-10H,4-8H2,1-3H3. The zero-order chi connectivity index (χ0) is 11.5. The van der Waals surface area contributed by atoms with E-state index in [9.17, 15) is 0 Å². The Kier molecular flexibility index (Phi) is 3.44. The highest BCUT2D eigenvalue weighted by Gasteiger charge is 2.17. The van der Waals surface area contributed by atoms with Gasteiger partial charge in [0.1, 0.15) is 5.82 Å². The molecule has 16 heavy (non-hydrogen) atoms. The SMILES string of the molecule is CCN1CCN(c2ncc(C)cc2C)CC1. The average molecular weight is 219 g/mol. The first-order valence-corrected chi connectivity index (χ1v) is 6.11. The molecule has 3 heteroatoms. The number of rotatable bonds is 2. The van der Waals surface area contributed by atoms with E-state index in [1.807, 2.05) is 6.20 Å². The first kappa shape index (κ1) is 11.4. The van der Waals surface area contributed by atoms with Crippen molar-refractivity contribution < 1.29 is 0 Å². The largest absolute Gasteiger partial charge is 0.354 e. The quantitative estimate of drug-likeness (QED) is 0.756. The van der Waals surface area contributed by atoms with Gasteiger partial charge >= 0.3 is 0 Å². The molecule has 3 nitrogen and oxygen atoms in total. The third kappa shape index (κ3) is 2.35. The molecular formula is C13H21N3. The molecule has 0 N–H and O–H groups in total. The Bertz CT molecular complexity index is 354. The van der Waals surface area contributed by atoms with Gasteiger partial charge in [0, 0.05) is 32.4 Å². The van der Waals surface area contributed by atoms with Gasteiger partial charge in [0.05, 0.1) is 0 Å². The summed E-state index contributed by atoms with van der Waals surface area (Å²) in [5.74, 6) is 1.17. The number of likely N-dealkylation sites (N-methyl/N-ethyl adjacent to an activating group) is 1. The molecule has 1 aliphatic heterocycles. The van der Waals surface area contributed by atoms with Crippen LogP contribution in [-0.2, 0) is 0 Å². The van der Waals surface area contributed by atoms with Gasteiger partial charge in [-0.15, -0.1) is 0 Å². The van der Waals surface area contributed by atoms with Gasteiger partial charge in [0.15, 0.2) is 0 Å². The second-order valence-corrected chi connectivity index (χ2v) is 4.57. The number of nitrogens with zero attached hydrogens (tertiary/aromatic N) is 3. The molecule has 0 saturated carbocycles. The minimum absolute atomic E-state index is 1.10. The van der Waals surface area contributed by atoms with E-state index in [-0.39, 0.29) is 0 Å². The summed E-state index contributed by atoms with van der Waals surface area (Å²) in [4.78, 5) is 9.45. The molecule has 0 unspecified atom stereocenters. The summed E-state index contributed by atoms with van der Waals surface area (Å²) in [6.07, 6.45) is 1.97. The predicted molar refractivity (Wildman–Crippen MR) is 68.0 cm³/mol. The van der Waals surface area contributed by atoms with Crippen LogP contribution in [0.25, 0.3) is 0 Å². The summed E-state index contributed by atoms with van der Waals surface area (Å²) in [6, 6.07) is 2.22. The van der Waals surface area contributed by atoms with Gasteiger partial charge in [-0.3, -0.25) is 0 Å². The lowest BCUT2D eigenvalue weighted by Gasteiger charge is -2.35. The molecule has 0 aromatic carbocycles. The van der Waals surface area contributed by atoms with Crippen molar-refractivity contribution in [3.05, 3.63) is 23.4 Å². The molecule has 0 amide bonds. The maximum absolute atomic E-state index is 4.56. The maximum atomic E-state index is 4.56. The van der Waals surface area contributed by atoms with E-state index in [4.69, 9.17) is 0 Å². The number of hydrogen-bond donors (Lipinski definition) is 0. The Morgan fingerprint density at radius 1 is 1.19 bits per heavy atom. The van der Waals surface area contributed by atoms with Crippen LogP contribution in [0, 0.1) is 13.8 Å². The fourth-order valence-corrected chi connectivity index (χ4v) is 2.32. The molecule has 0 atom stereocenters. The van der Waals surface area contributed by atoms with Crippen molar-refractivity contribution >= 4 is 5.82 Å². The summed E-state index contributed by atoms with van der Waals surface area (Å²) in [5.41, 5.74) is 2.54. The van der Waals surface area contributed by atoms with Crippen LogP contribution >= 0.6 is 0 Å². The molecular weight excluding hydrogens is 198 g/mol. The van der Waals surface area contributed by atoms with Gasteiger partial charge in [-0.05, 0) is 31.5 Å². The number of anilines is 1. The topological polar surface area (TPSA) is 19.4 Å². The lowest BCUT2D eigenvalue weighted by Crippen LogP contribution is -2.46. The predicted octanol–water partition coefficient (Wildman–Crippen LogP) is 1.84. The molecule has 2 heterocycles. The zero-order valence-corrected chi connectivity index (χ0v) is 10.5. The molecule has 1 saturated heterocycles. The maximum Gasteiger partial charge on any atom is 0.131 e. The van der Waals surface area contributed by atoms with Gasteiger partial charge in [0.2, 0.25) is 0 Å². The van der Waals surface area contributed by atoms with Crippen LogP contribution < -0.4 is 4.90 Å². The van der Waals surface area contributed by atoms with Crippen LogP contribution in [-0.4, -0.2) is 42.6 Å². The van der Waals surface area contributed by atoms with E-state index in [0.717, 1.165) is 32.7 Å². The Balaban J connectivity index is 2.08. The van der Waals surface area contributed by atoms with Gasteiger partial charge in [-0.25, -0.2) is 4.98 Å². The van der Waals surface area contributed by atoms with Crippen molar-refractivity contribution in [1.29, 1.82) is 0 Å². The molecule has 2 rings (SSSR count). The zero-order valence-electron chi connectivity index (χ0n) is 10.5. The molecule has 0 bridgehead atoms. The minimum Gasteiger partial charge on any atom is -0.354 e. The van der Waals surface area contributed by atoms with Crippen molar-refractivity contribution in [2.75, 3.05) is 37.6 Å². The van der Waals surface area contributed by atoms with Crippen molar-refractivity contribution in [1.82, 2.24) is 9.88 Å². The Morgan fingerprint density at radius 2 is 1.88 bits per heavy atom. The van der Waals surface area contributed by atoms with E-state index >= 15 is 0 Å². The van der Waals surface area contributed by atoms with E-state index in [2.05, 4.69) is 41.6 Å². The highest BCUT2D eigenvalue weighted by molar-refractivity contribution is 5.47. The Labute approximate surface area is 98.1 Å². The summed E-state index contributed by atoms with van der Waals surface area (Å²) < 4.78 is 0. The number of piperazine rings is 1. The minimum atomic E-state index is 1.10. The summed E-state index contributed by atoms with van der Waals surface area (Å²) in [7, 11) is 0. The fraction of sp³-hybridized carbons (Fsp3) is 0.615. The van der Waals surface area contributed by atoms with Crippen molar-refractivity contribution in [3.8, 4) is 0 Å². The first-order valence-electron chi connectivity index (χ1n) is 6.11. The monoisotopic (exact) mass is 219 g/mol. The van der Waals surface area contributed by atoms with E-state index in [1.54, 1.807) is 0 Å². The third-order valence-electron chi connectivity index (χ3n) is 3.31. The van der Waals surface area contributed by atoms with E-state index < -0.39 is 0 Å². The molecule has 0 aliphatic carbocycles. The van der Waals surface area contributed by atoms with Crippen LogP contribution in [0.1, 0.15) is 18.1 Å². The second-order valence-electron chi connectivity index (χ2n) is 4.57. The lowest BCUT2D eigenvalue weighted by atomic mass is 10.2. The fourth-order valence-electron chi connectivity index (χ4n) is 2.32. The summed E-state index contributed by atoms with van der Waals surface area (Å²) >= 11 is 0. The van der Waals surface area contributed by atoms with Crippen LogP contribution in [0.15, 0.2) is 12.3 Å². The molecule has 1 fully saturated rings. The first-order chi connectivity index (χ1) is 7.70. The number of hydrogen-bond acceptors (Lipinski definition) is 3. The van der Waals surface area contributed by atoms with Crippen LogP contribution in [0.4, 0.5) is 5.82 Å². The third-order valence-corrected chi connectivity index (χ3v) is 3.31. The summed E-state index contributed by atoms with van der Waals surface area (Å²) in [5, 5.41) is 0. The van der Waals surface area contributed by atoms with Crippen LogP contribution in [0.5, 0.6) is 0 Å². The number of aryl methyl sites for hydroxylation is 2. The Morgan fingerprint density at radius 3 is 2.44 bits per heavy atom. The lowest BCUT2D eigenvalue weighted by molar-refractivity contribution is 0.270. The van der Waals surface area contributed by atoms with Crippen LogP contribution in [0.2, 0.25) is 0 Å². The normalized spacial score (nSPS) is 17.8. The van der Waals surface area contributed by atoms with Gasteiger partial charge in [0.25, 0.3) is 0 Å². The number of aromatic nitrogens is 1. The van der Waals surface area contributed by atoms with Gasteiger partial charge < -0.3 is 9.80 Å². The van der Waals surface area contributed by atoms with Crippen molar-refractivity contribution in [3.63, 3.8) is 0 Å². The van der Waals surface area contributed by atoms with E-state index in [1.165, 1.54) is 16.9 Å². The highest BCUT2D eigenvalue weighted by atomic mass is 15.3. The van der Waals surface area contributed by atoms with Crippen LogP contribution in [0.3, 0.4) is 0 Å². The van der Waals surface area contributed by atoms with Gasteiger partial charge in [-0.2, -0.15) is 0 Å². The molecule has 1 aliphatic rings. The van der Waals surface area contributed by atoms with Crippen molar-refractivity contribution in [2.45, 2.75) is 20.8 Å².